The molecule has 5 heterocycles. The third kappa shape index (κ3) is 3.71. The zero-order chi connectivity index (χ0) is 22.5. The van der Waals surface area contributed by atoms with E-state index in [4.69, 9.17) is 9.72 Å². The van der Waals surface area contributed by atoms with Gasteiger partial charge in [0.15, 0.2) is 0 Å². The summed E-state index contributed by atoms with van der Waals surface area (Å²) < 4.78 is 30.8. The van der Waals surface area contributed by atoms with Gasteiger partial charge >= 0.3 is 0 Å². The van der Waals surface area contributed by atoms with E-state index in [1.165, 1.54) is 11.8 Å². The van der Waals surface area contributed by atoms with E-state index in [0.29, 0.717) is 25.5 Å². The number of hydrogen-bond donors (Lipinski definition) is 1. The molecule has 0 spiro atoms. The van der Waals surface area contributed by atoms with Crippen LogP contribution in [-0.2, 0) is 23.0 Å². The van der Waals surface area contributed by atoms with Gasteiger partial charge in [-0.1, -0.05) is 0 Å². The Balaban J connectivity index is 1.49. The van der Waals surface area contributed by atoms with Crippen LogP contribution in [0, 0.1) is 0 Å². The van der Waals surface area contributed by atoms with Gasteiger partial charge in [0.25, 0.3) is 0 Å². The van der Waals surface area contributed by atoms with Gasteiger partial charge in [0, 0.05) is 61.2 Å². The molecule has 0 aromatic carbocycles. The Hall–Kier alpha value is -2.72. The summed E-state index contributed by atoms with van der Waals surface area (Å²) >= 11 is 0. The molecule has 0 saturated carbocycles. The van der Waals surface area contributed by atoms with Crippen LogP contribution in [0.4, 0.5) is 5.69 Å². The number of aromatic nitrogens is 4. The molecule has 10 heteroatoms. The molecular weight excluding hydrogens is 428 g/mol. The van der Waals surface area contributed by atoms with Crippen molar-refractivity contribution in [1.82, 2.24) is 24.2 Å². The summed E-state index contributed by atoms with van der Waals surface area (Å²) in [5.41, 5.74) is 5.20. The van der Waals surface area contributed by atoms with E-state index >= 15 is 0 Å². The molecule has 1 atom stereocenters. The number of nitrogens with one attached hydrogen (secondary N) is 1. The first kappa shape index (κ1) is 21.1. The lowest BCUT2D eigenvalue weighted by molar-refractivity contribution is 0.317. The number of nitrogens with zero attached hydrogens (tertiary/aromatic N) is 5. The van der Waals surface area contributed by atoms with Crippen molar-refractivity contribution in [2.75, 3.05) is 31.4 Å². The number of ether oxygens (including phenoxy) is 1. The Morgan fingerprint density at radius 3 is 2.72 bits per heavy atom. The highest BCUT2D eigenvalue weighted by Crippen LogP contribution is 2.38. The van der Waals surface area contributed by atoms with Crippen molar-refractivity contribution in [1.29, 1.82) is 0 Å². The lowest BCUT2D eigenvalue weighted by atomic mass is 9.87. The number of hydrogen-bond acceptors (Lipinski definition) is 7. The third-order valence-corrected chi connectivity index (χ3v) is 8.03. The minimum Gasteiger partial charge on any atom is -0.481 e. The summed E-state index contributed by atoms with van der Waals surface area (Å²) in [5, 5.41) is 1.06. The zero-order valence-corrected chi connectivity index (χ0v) is 19.4. The molecule has 0 aliphatic carbocycles. The lowest BCUT2D eigenvalue weighted by Crippen LogP contribution is -2.41. The van der Waals surface area contributed by atoms with Gasteiger partial charge in [-0.2, -0.15) is 4.98 Å². The first-order chi connectivity index (χ1) is 15.3. The lowest BCUT2D eigenvalue weighted by Gasteiger charge is -2.38. The molecule has 3 aromatic rings. The second-order valence-electron chi connectivity index (χ2n) is 8.73. The Morgan fingerprint density at radius 2 is 2.00 bits per heavy atom. The van der Waals surface area contributed by atoms with Crippen LogP contribution in [-0.4, -0.2) is 65.2 Å². The first-order valence-corrected chi connectivity index (χ1v) is 12.8. The quantitative estimate of drug-likeness (QED) is 0.643. The molecule has 2 aliphatic heterocycles. The molecule has 0 bridgehead atoms. The van der Waals surface area contributed by atoms with Crippen LogP contribution in [0.1, 0.15) is 42.6 Å². The van der Waals surface area contributed by atoms with Gasteiger partial charge in [0.1, 0.15) is 12.0 Å². The van der Waals surface area contributed by atoms with E-state index < -0.39 is 10.0 Å². The van der Waals surface area contributed by atoms with Gasteiger partial charge in [-0.05, 0) is 25.8 Å². The molecule has 0 unspecified atom stereocenters. The topological polar surface area (TPSA) is 104 Å². The van der Waals surface area contributed by atoms with Crippen LogP contribution in [0.25, 0.3) is 11.0 Å². The van der Waals surface area contributed by atoms with Crippen LogP contribution in [0.15, 0.2) is 24.7 Å². The first-order valence-electron chi connectivity index (χ1n) is 10.9. The number of aromatic amines is 1. The molecule has 170 valence electrons. The molecular formula is C22H28N6O3S. The Labute approximate surface area is 187 Å². The molecule has 32 heavy (non-hydrogen) atoms. The predicted molar refractivity (Wildman–Crippen MR) is 122 cm³/mol. The minimum atomic E-state index is -3.15. The fourth-order valence-electron chi connectivity index (χ4n) is 5.00. The molecule has 0 radical (unpaired) electrons. The number of sulfonamides is 1. The maximum absolute atomic E-state index is 11.9. The maximum Gasteiger partial charge on any atom is 0.217 e. The van der Waals surface area contributed by atoms with Crippen LogP contribution in [0.3, 0.4) is 0 Å². The summed E-state index contributed by atoms with van der Waals surface area (Å²) in [6.45, 7) is 3.98. The highest BCUT2D eigenvalue weighted by molar-refractivity contribution is 7.88. The zero-order valence-electron chi connectivity index (χ0n) is 18.6. The van der Waals surface area contributed by atoms with Crippen molar-refractivity contribution < 1.29 is 13.2 Å². The van der Waals surface area contributed by atoms with Gasteiger partial charge < -0.3 is 14.6 Å². The van der Waals surface area contributed by atoms with E-state index in [-0.39, 0.29) is 12.0 Å². The van der Waals surface area contributed by atoms with Gasteiger partial charge in [-0.3, -0.25) is 0 Å². The molecule has 5 rings (SSSR count). The van der Waals surface area contributed by atoms with Crippen molar-refractivity contribution in [2.24, 2.45) is 0 Å². The number of H-pyrrole nitrogens is 1. The molecule has 1 fully saturated rings. The summed E-state index contributed by atoms with van der Waals surface area (Å²) in [4.78, 5) is 19.4. The van der Waals surface area contributed by atoms with E-state index in [1.54, 1.807) is 17.7 Å². The Kier molecular flexibility index (Phi) is 5.29. The maximum atomic E-state index is 11.9. The normalized spacial score (nSPS) is 20.5. The van der Waals surface area contributed by atoms with Crippen LogP contribution >= 0.6 is 0 Å². The molecule has 9 nitrogen and oxygen atoms in total. The minimum absolute atomic E-state index is 0.235. The summed E-state index contributed by atoms with van der Waals surface area (Å²) in [7, 11) is -1.52. The largest absolute Gasteiger partial charge is 0.481 e. The highest BCUT2D eigenvalue weighted by atomic mass is 32.2. The number of rotatable bonds is 4. The summed E-state index contributed by atoms with van der Waals surface area (Å²) in [5.74, 6) is 0.810. The van der Waals surface area contributed by atoms with Crippen molar-refractivity contribution in [3.8, 4) is 5.88 Å². The van der Waals surface area contributed by atoms with Crippen molar-refractivity contribution in [3.05, 3.63) is 41.6 Å². The number of fused-ring (bicyclic) bond motifs is 2. The molecule has 1 N–H and O–H groups in total. The SMILES string of the molecule is COc1cc(N2Cc3c(ncnc3C3CCN(S(C)(=O)=O)CC3)C[C@H]2C)c2cc[nH]c2n1. The van der Waals surface area contributed by atoms with Gasteiger partial charge in [0.2, 0.25) is 15.9 Å². The van der Waals surface area contributed by atoms with Crippen LogP contribution in [0.2, 0.25) is 0 Å². The molecule has 1 saturated heterocycles. The van der Waals surface area contributed by atoms with Gasteiger partial charge in [0.05, 0.1) is 30.4 Å². The second kappa shape index (κ2) is 8.00. The van der Waals surface area contributed by atoms with Crippen LogP contribution in [0.5, 0.6) is 5.88 Å². The van der Waals surface area contributed by atoms with Gasteiger partial charge in [-0.25, -0.2) is 22.7 Å². The number of methoxy groups -OCH3 is 1. The average molecular weight is 457 g/mol. The summed E-state index contributed by atoms with van der Waals surface area (Å²) in [6.07, 6.45) is 7.22. The van der Waals surface area contributed by atoms with Crippen molar-refractivity contribution in [2.45, 2.75) is 44.7 Å². The van der Waals surface area contributed by atoms with E-state index in [2.05, 4.69) is 26.8 Å². The van der Waals surface area contributed by atoms with E-state index in [1.807, 2.05) is 18.3 Å². The highest BCUT2D eigenvalue weighted by Gasteiger charge is 2.33. The standard InChI is InChI=1S/C22H28N6O3S/c1-14-10-18-17(12-28(14)19-11-20(31-2)26-22-16(19)4-7-23-22)21(25-13-24-18)15-5-8-27(9-6-15)32(3,29)30/h4,7,11,13-15H,5-6,8-10,12H2,1-3H3,(H,23,26)/t14-/m1/s1. The van der Waals surface area contributed by atoms with E-state index in [0.717, 1.165) is 47.4 Å². The molecule has 0 amide bonds. The Bertz CT molecular complexity index is 1250. The van der Waals surface area contributed by atoms with Crippen LogP contribution < -0.4 is 9.64 Å². The van der Waals surface area contributed by atoms with Crippen molar-refractivity contribution >= 4 is 26.7 Å². The fraction of sp³-hybridized carbons (Fsp3) is 0.500. The molecule has 3 aromatic heterocycles. The predicted octanol–water partition coefficient (Wildman–Crippen LogP) is 2.45. The Morgan fingerprint density at radius 1 is 1.22 bits per heavy atom. The fourth-order valence-corrected chi connectivity index (χ4v) is 5.88. The average Bonchev–Trinajstić information content (AvgIpc) is 3.26. The van der Waals surface area contributed by atoms with Gasteiger partial charge in [-0.15, -0.1) is 0 Å². The number of piperidine rings is 1. The van der Waals surface area contributed by atoms with E-state index in [9.17, 15) is 8.42 Å². The smallest absolute Gasteiger partial charge is 0.217 e. The second-order valence-corrected chi connectivity index (χ2v) is 10.7. The summed E-state index contributed by atoms with van der Waals surface area (Å²) in [6, 6.07) is 4.29. The van der Waals surface area contributed by atoms with Crippen molar-refractivity contribution in [3.63, 3.8) is 0 Å². The monoisotopic (exact) mass is 456 g/mol. The third-order valence-electron chi connectivity index (χ3n) is 6.73. The number of pyridine rings is 1. The molecule has 2 aliphatic rings. The number of anilines is 1.